The fourth-order valence-corrected chi connectivity index (χ4v) is 1.40. The van der Waals surface area contributed by atoms with Gasteiger partial charge >= 0.3 is 5.97 Å². The predicted molar refractivity (Wildman–Crippen MR) is 60.7 cm³/mol. The largest absolute Gasteiger partial charge is 0.462 e. The molecule has 0 amide bonds. The van der Waals surface area contributed by atoms with Crippen LogP contribution in [0.3, 0.4) is 0 Å². The van der Waals surface area contributed by atoms with Gasteiger partial charge in [-0.1, -0.05) is 19.9 Å². The molecule has 0 aliphatic heterocycles. The highest BCUT2D eigenvalue weighted by atomic mass is 19.2. The monoisotopic (exact) mass is 242 g/mol. The van der Waals surface area contributed by atoms with E-state index < -0.39 is 17.6 Å². The summed E-state index contributed by atoms with van der Waals surface area (Å²) in [6, 6.07) is 3.46. The minimum absolute atomic E-state index is 0.229. The molecule has 0 atom stereocenters. The van der Waals surface area contributed by atoms with Gasteiger partial charge in [0.15, 0.2) is 11.6 Å². The number of ether oxygens (including phenoxy) is 1. The van der Waals surface area contributed by atoms with Crippen molar-refractivity contribution >= 4 is 5.97 Å². The van der Waals surface area contributed by atoms with E-state index in [9.17, 15) is 13.6 Å². The van der Waals surface area contributed by atoms with Crippen LogP contribution in [0.5, 0.6) is 0 Å². The highest BCUT2D eigenvalue weighted by Gasteiger charge is 2.15. The maximum atomic E-state index is 13.2. The maximum Gasteiger partial charge on any atom is 0.341 e. The lowest BCUT2D eigenvalue weighted by molar-refractivity contribution is 0.0488. The summed E-state index contributed by atoms with van der Waals surface area (Å²) >= 11 is 0. The second-order valence-electron chi connectivity index (χ2n) is 4.27. The van der Waals surface area contributed by atoms with Crippen LogP contribution in [0.25, 0.3) is 0 Å². The summed E-state index contributed by atoms with van der Waals surface area (Å²) < 4.78 is 30.9. The van der Waals surface area contributed by atoms with E-state index in [0.717, 1.165) is 18.9 Å². The van der Waals surface area contributed by atoms with Gasteiger partial charge in [0.05, 0.1) is 12.2 Å². The molecule has 0 fully saturated rings. The molecule has 0 aliphatic carbocycles. The first-order chi connectivity index (χ1) is 8.02. The Morgan fingerprint density at radius 3 is 2.71 bits per heavy atom. The Morgan fingerprint density at radius 1 is 1.35 bits per heavy atom. The highest BCUT2D eigenvalue weighted by molar-refractivity contribution is 5.89. The first-order valence-corrected chi connectivity index (χ1v) is 5.63. The molecule has 0 spiro atoms. The molecule has 0 aliphatic rings. The number of rotatable bonds is 5. The van der Waals surface area contributed by atoms with E-state index in [4.69, 9.17) is 4.74 Å². The summed E-state index contributed by atoms with van der Waals surface area (Å²) in [5.41, 5.74) is -0.352. The second kappa shape index (κ2) is 6.33. The second-order valence-corrected chi connectivity index (χ2v) is 4.27. The molecule has 17 heavy (non-hydrogen) atoms. The smallest absolute Gasteiger partial charge is 0.341 e. The molecule has 1 rings (SSSR count). The van der Waals surface area contributed by atoms with Gasteiger partial charge in [-0.05, 0) is 30.9 Å². The SMILES string of the molecule is CC(C)CCCOC(=O)c1cccc(F)c1F. The third-order valence-electron chi connectivity index (χ3n) is 2.33. The van der Waals surface area contributed by atoms with Crippen LogP contribution in [0, 0.1) is 17.6 Å². The van der Waals surface area contributed by atoms with E-state index >= 15 is 0 Å². The summed E-state index contributed by atoms with van der Waals surface area (Å²) in [4.78, 5) is 11.4. The van der Waals surface area contributed by atoms with Crippen molar-refractivity contribution < 1.29 is 18.3 Å². The van der Waals surface area contributed by atoms with E-state index in [-0.39, 0.29) is 12.2 Å². The number of benzene rings is 1. The Kier molecular flexibility index (Phi) is 5.07. The van der Waals surface area contributed by atoms with Gasteiger partial charge in [0, 0.05) is 0 Å². The van der Waals surface area contributed by atoms with Crippen LogP contribution >= 0.6 is 0 Å². The lowest BCUT2D eigenvalue weighted by atomic mass is 10.1. The van der Waals surface area contributed by atoms with Gasteiger partial charge in [-0.3, -0.25) is 0 Å². The van der Waals surface area contributed by atoms with E-state index in [0.29, 0.717) is 5.92 Å². The summed E-state index contributed by atoms with van der Waals surface area (Å²) in [5, 5.41) is 0. The van der Waals surface area contributed by atoms with Gasteiger partial charge in [-0.25, -0.2) is 13.6 Å². The van der Waals surface area contributed by atoms with Crippen molar-refractivity contribution in [2.45, 2.75) is 26.7 Å². The number of carbonyl (C=O) groups excluding carboxylic acids is 1. The van der Waals surface area contributed by atoms with Crippen molar-refractivity contribution in [3.05, 3.63) is 35.4 Å². The number of hydrogen-bond acceptors (Lipinski definition) is 2. The fraction of sp³-hybridized carbons (Fsp3) is 0.462. The summed E-state index contributed by atoms with van der Waals surface area (Å²) in [6.45, 7) is 4.36. The van der Waals surface area contributed by atoms with Crippen molar-refractivity contribution in [2.24, 2.45) is 5.92 Å². The van der Waals surface area contributed by atoms with Crippen molar-refractivity contribution in [1.82, 2.24) is 0 Å². The van der Waals surface area contributed by atoms with Gasteiger partial charge in [0.2, 0.25) is 0 Å². The first-order valence-electron chi connectivity index (χ1n) is 5.63. The number of esters is 1. The topological polar surface area (TPSA) is 26.3 Å². The zero-order valence-electron chi connectivity index (χ0n) is 10.0. The van der Waals surface area contributed by atoms with Crippen LogP contribution < -0.4 is 0 Å². The standard InChI is InChI=1S/C13H16F2O2/c1-9(2)5-4-8-17-13(16)10-6-3-7-11(14)12(10)15/h3,6-7,9H,4-5,8H2,1-2H3. The molecule has 2 nitrogen and oxygen atoms in total. The molecule has 0 N–H and O–H groups in total. The quantitative estimate of drug-likeness (QED) is 0.583. The van der Waals surface area contributed by atoms with E-state index in [1.54, 1.807) is 0 Å². The molecular weight excluding hydrogens is 226 g/mol. The molecule has 0 saturated carbocycles. The van der Waals surface area contributed by atoms with Crippen molar-refractivity contribution in [3.8, 4) is 0 Å². The van der Waals surface area contributed by atoms with Gasteiger partial charge < -0.3 is 4.74 Å². The zero-order valence-corrected chi connectivity index (χ0v) is 10.0. The van der Waals surface area contributed by atoms with E-state index in [1.807, 2.05) is 0 Å². The molecule has 0 saturated heterocycles. The van der Waals surface area contributed by atoms with Crippen molar-refractivity contribution in [3.63, 3.8) is 0 Å². The predicted octanol–water partition coefficient (Wildman–Crippen LogP) is 3.56. The normalized spacial score (nSPS) is 10.6. The third kappa shape index (κ3) is 4.13. The Labute approximate surface area is 99.6 Å². The first kappa shape index (κ1) is 13.6. The Balaban J connectivity index is 2.50. The molecule has 1 aromatic rings. The number of hydrogen-bond donors (Lipinski definition) is 0. The Morgan fingerprint density at radius 2 is 2.06 bits per heavy atom. The minimum atomic E-state index is -1.15. The average Bonchev–Trinajstić information content (AvgIpc) is 2.27. The van der Waals surface area contributed by atoms with Crippen LogP contribution in [0.15, 0.2) is 18.2 Å². The Bertz CT molecular complexity index is 389. The van der Waals surface area contributed by atoms with Crippen LogP contribution in [0.4, 0.5) is 8.78 Å². The van der Waals surface area contributed by atoms with Gasteiger partial charge in [-0.15, -0.1) is 0 Å². The molecule has 0 aromatic heterocycles. The summed E-state index contributed by atoms with van der Waals surface area (Å²) in [6.07, 6.45) is 1.65. The molecule has 0 unspecified atom stereocenters. The average molecular weight is 242 g/mol. The maximum absolute atomic E-state index is 13.2. The molecular formula is C13H16F2O2. The number of carbonyl (C=O) groups is 1. The van der Waals surface area contributed by atoms with Crippen LogP contribution in [0.2, 0.25) is 0 Å². The lowest BCUT2D eigenvalue weighted by Crippen LogP contribution is -2.10. The van der Waals surface area contributed by atoms with Gasteiger partial charge in [0.1, 0.15) is 0 Å². The minimum Gasteiger partial charge on any atom is -0.462 e. The highest BCUT2D eigenvalue weighted by Crippen LogP contribution is 2.13. The molecule has 4 heteroatoms. The van der Waals surface area contributed by atoms with E-state index in [1.165, 1.54) is 12.1 Å². The van der Waals surface area contributed by atoms with Gasteiger partial charge in [-0.2, -0.15) is 0 Å². The molecule has 0 bridgehead atoms. The molecule has 94 valence electrons. The third-order valence-corrected chi connectivity index (χ3v) is 2.33. The van der Waals surface area contributed by atoms with Crippen LogP contribution in [-0.2, 0) is 4.74 Å². The number of halogens is 2. The molecule has 0 heterocycles. The van der Waals surface area contributed by atoms with Crippen molar-refractivity contribution in [1.29, 1.82) is 0 Å². The Hall–Kier alpha value is -1.45. The molecule has 0 radical (unpaired) electrons. The summed E-state index contributed by atoms with van der Waals surface area (Å²) in [5.74, 6) is -2.48. The lowest BCUT2D eigenvalue weighted by Gasteiger charge is -2.07. The summed E-state index contributed by atoms with van der Waals surface area (Å²) in [7, 11) is 0. The molecule has 1 aromatic carbocycles. The van der Waals surface area contributed by atoms with Crippen LogP contribution in [0.1, 0.15) is 37.0 Å². The van der Waals surface area contributed by atoms with E-state index in [2.05, 4.69) is 13.8 Å². The van der Waals surface area contributed by atoms with Crippen molar-refractivity contribution in [2.75, 3.05) is 6.61 Å². The zero-order chi connectivity index (χ0) is 12.8. The van der Waals surface area contributed by atoms with Gasteiger partial charge in [0.25, 0.3) is 0 Å². The van der Waals surface area contributed by atoms with Crippen LogP contribution in [-0.4, -0.2) is 12.6 Å². The fourth-order valence-electron chi connectivity index (χ4n) is 1.40.